The first-order valence-corrected chi connectivity index (χ1v) is 9.44. The number of methoxy groups -OCH3 is 2. The Labute approximate surface area is 176 Å². The van der Waals surface area contributed by atoms with Gasteiger partial charge in [-0.2, -0.15) is 5.26 Å². The van der Waals surface area contributed by atoms with E-state index in [0.29, 0.717) is 29.2 Å². The second-order valence-electron chi connectivity index (χ2n) is 6.62. The van der Waals surface area contributed by atoms with E-state index < -0.39 is 6.04 Å². The lowest BCUT2D eigenvalue weighted by molar-refractivity contribution is -0.122. The summed E-state index contributed by atoms with van der Waals surface area (Å²) in [6.07, 6.45) is 0. The third-order valence-electron chi connectivity index (χ3n) is 4.60. The average molecular weight is 401 g/mol. The Hall–Kier alpha value is -3.98. The van der Waals surface area contributed by atoms with Crippen LogP contribution in [0.4, 0.5) is 5.69 Å². The van der Waals surface area contributed by atoms with E-state index in [0.717, 1.165) is 11.3 Å². The molecule has 0 heterocycles. The normalized spacial score (nSPS) is 11.1. The number of benzene rings is 3. The molecule has 2 N–H and O–H groups in total. The molecule has 1 amide bonds. The van der Waals surface area contributed by atoms with Gasteiger partial charge in [0.25, 0.3) is 0 Å². The van der Waals surface area contributed by atoms with Crippen molar-refractivity contribution in [1.29, 1.82) is 5.26 Å². The molecule has 3 aromatic carbocycles. The fourth-order valence-corrected chi connectivity index (χ4v) is 2.99. The summed E-state index contributed by atoms with van der Waals surface area (Å²) in [6.45, 7) is 0.409. The van der Waals surface area contributed by atoms with E-state index >= 15 is 0 Å². The molecule has 1 atom stereocenters. The number of carbonyl (C=O) groups excluding carboxylic acids is 1. The summed E-state index contributed by atoms with van der Waals surface area (Å²) in [6, 6.07) is 23.4. The van der Waals surface area contributed by atoms with Gasteiger partial charge in [0.1, 0.15) is 17.5 Å². The van der Waals surface area contributed by atoms with E-state index in [4.69, 9.17) is 14.7 Å². The van der Waals surface area contributed by atoms with Gasteiger partial charge < -0.3 is 20.1 Å². The van der Waals surface area contributed by atoms with Crippen LogP contribution in [0, 0.1) is 11.3 Å². The minimum Gasteiger partial charge on any atom is -0.497 e. The first-order chi connectivity index (χ1) is 14.6. The Morgan fingerprint density at radius 1 is 0.967 bits per heavy atom. The van der Waals surface area contributed by atoms with Crippen molar-refractivity contribution in [3.8, 4) is 17.6 Å². The van der Waals surface area contributed by atoms with Crippen molar-refractivity contribution in [2.24, 2.45) is 0 Å². The van der Waals surface area contributed by atoms with Gasteiger partial charge in [0.2, 0.25) is 5.91 Å². The van der Waals surface area contributed by atoms with Crippen molar-refractivity contribution in [3.63, 3.8) is 0 Å². The molecule has 0 radical (unpaired) electrons. The van der Waals surface area contributed by atoms with E-state index in [-0.39, 0.29) is 5.91 Å². The maximum atomic E-state index is 13.1. The summed E-state index contributed by atoms with van der Waals surface area (Å²) in [5.41, 5.74) is 2.97. The molecule has 3 rings (SSSR count). The van der Waals surface area contributed by atoms with E-state index in [2.05, 4.69) is 16.7 Å². The molecule has 3 aromatic rings. The predicted molar refractivity (Wildman–Crippen MR) is 115 cm³/mol. The quantitative estimate of drug-likeness (QED) is 0.595. The molecule has 0 aliphatic carbocycles. The van der Waals surface area contributed by atoms with Crippen LogP contribution in [-0.2, 0) is 11.3 Å². The molecule has 0 aliphatic heterocycles. The lowest BCUT2D eigenvalue weighted by atomic mass is 10.0. The van der Waals surface area contributed by atoms with Crippen LogP contribution in [-0.4, -0.2) is 20.1 Å². The lowest BCUT2D eigenvalue weighted by Crippen LogP contribution is -2.33. The molecule has 0 saturated carbocycles. The Balaban J connectivity index is 1.89. The molecule has 0 saturated heterocycles. The Bertz CT molecular complexity index is 1010. The molecule has 6 nitrogen and oxygen atoms in total. The number of anilines is 1. The molecule has 1 unspecified atom stereocenters. The zero-order valence-electron chi connectivity index (χ0n) is 16.9. The van der Waals surface area contributed by atoms with Crippen LogP contribution in [0.1, 0.15) is 22.7 Å². The largest absolute Gasteiger partial charge is 0.497 e. The summed E-state index contributed by atoms with van der Waals surface area (Å²) >= 11 is 0. The SMILES string of the molecule is COc1cc(OC)cc(C(Nc2ccc(C#N)cc2)C(=O)NCc2ccccc2)c1. The van der Waals surface area contributed by atoms with Gasteiger partial charge in [-0.3, -0.25) is 4.79 Å². The van der Waals surface area contributed by atoms with Crippen molar-refractivity contribution >= 4 is 11.6 Å². The summed E-state index contributed by atoms with van der Waals surface area (Å²) < 4.78 is 10.7. The third kappa shape index (κ3) is 5.30. The minimum absolute atomic E-state index is 0.196. The van der Waals surface area contributed by atoms with Gasteiger partial charge >= 0.3 is 0 Å². The van der Waals surface area contributed by atoms with Gasteiger partial charge in [0.05, 0.1) is 25.9 Å². The summed E-state index contributed by atoms with van der Waals surface area (Å²) in [5, 5.41) is 15.2. The monoisotopic (exact) mass is 401 g/mol. The number of hydrogen-bond donors (Lipinski definition) is 2. The van der Waals surface area contributed by atoms with E-state index in [1.807, 2.05) is 30.3 Å². The molecule has 30 heavy (non-hydrogen) atoms. The maximum absolute atomic E-state index is 13.1. The van der Waals surface area contributed by atoms with Gasteiger partial charge in [-0.15, -0.1) is 0 Å². The van der Waals surface area contributed by atoms with Gasteiger partial charge in [-0.1, -0.05) is 30.3 Å². The predicted octanol–water partition coefficient (Wildman–Crippen LogP) is 4.05. The number of nitriles is 1. The first-order valence-electron chi connectivity index (χ1n) is 9.44. The van der Waals surface area contributed by atoms with Crippen molar-refractivity contribution in [3.05, 3.63) is 89.5 Å². The van der Waals surface area contributed by atoms with Crippen LogP contribution < -0.4 is 20.1 Å². The molecule has 0 bridgehead atoms. The van der Waals surface area contributed by atoms with E-state index in [9.17, 15) is 4.79 Å². The van der Waals surface area contributed by atoms with Crippen molar-refractivity contribution in [2.75, 3.05) is 19.5 Å². The smallest absolute Gasteiger partial charge is 0.247 e. The fraction of sp³-hybridized carbons (Fsp3) is 0.167. The van der Waals surface area contributed by atoms with Gasteiger partial charge in [-0.05, 0) is 47.5 Å². The number of amides is 1. The second kappa shape index (κ2) is 9.99. The number of rotatable bonds is 8. The van der Waals surface area contributed by atoms with E-state index in [1.54, 1.807) is 56.7 Å². The van der Waals surface area contributed by atoms with Crippen molar-refractivity contribution in [2.45, 2.75) is 12.6 Å². The van der Waals surface area contributed by atoms with Crippen LogP contribution in [0.25, 0.3) is 0 Å². The second-order valence-corrected chi connectivity index (χ2v) is 6.62. The number of hydrogen-bond acceptors (Lipinski definition) is 5. The molecule has 0 spiro atoms. The van der Waals surface area contributed by atoms with E-state index in [1.165, 1.54) is 0 Å². The zero-order valence-corrected chi connectivity index (χ0v) is 16.9. The average Bonchev–Trinajstić information content (AvgIpc) is 2.81. The topological polar surface area (TPSA) is 83.4 Å². The zero-order chi connectivity index (χ0) is 21.3. The first kappa shape index (κ1) is 20.7. The summed E-state index contributed by atoms with van der Waals surface area (Å²) in [7, 11) is 3.13. The number of carbonyl (C=O) groups is 1. The summed E-state index contributed by atoms with van der Waals surface area (Å²) in [4.78, 5) is 13.1. The Morgan fingerprint density at radius 3 is 2.17 bits per heavy atom. The van der Waals surface area contributed by atoms with Crippen LogP contribution in [0.3, 0.4) is 0 Å². The van der Waals surface area contributed by atoms with Crippen LogP contribution >= 0.6 is 0 Å². The maximum Gasteiger partial charge on any atom is 0.247 e. The number of nitrogens with zero attached hydrogens (tertiary/aromatic N) is 1. The van der Waals surface area contributed by atoms with Gasteiger partial charge in [0.15, 0.2) is 0 Å². The van der Waals surface area contributed by atoms with Crippen molar-refractivity contribution < 1.29 is 14.3 Å². The molecular weight excluding hydrogens is 378 g/mol. The molecule has 152 valence electrons. The van der Waals surface area contributed by atoms with Crippen molar-refractivity contribution in [1.82, 2.24) is 5.32 Å². The highest BCUT2D eigenvalue weighted by Crippen LogP contribution is 2.29. The fourth-order valence-electron chi connectivity index (χ4n) is 2.99. The highest BCUT2D eigenvalue weighted by Gasteiger charge is 2.22. The number of ether oxygens (including phenoxy) is 2. The van der Waals surface area contributed by atoms with Crippen LogP contribution in [0.5, 0.6) is 11.5 Å². The number of nitrogens with one attached hydrogen (secondary N) is 2. The molecule has 6 heteroatoms. The van der Waals surface area contributed by atoms with Crippen LogP contribution in [0.2, 0.25) is 0 Å². The molecule has 0 aromatic heterocycles. The molecule has 0 fully saturated rings. The Morgan fingerprint density at radius 2 is 1.60 bits per heavy atom. The van der Waals surface area contributed by atoms with Gasteiger partial charge in [-0.25, -0.2) is 0 Å². The third-order valence-corrected chi connectivity index (χ3v) is 4.60. The highest BCUT2D eigenvalue weighted by molar-refractivity contribution is 5.86. The standard InChI is InChI=1S/C24H23N3O3/c1-29-21-12-19(13-22(14-21)30-2)23(27-20-10-8-17(15-25)9-11-20)24(28)26-16-18-6-4-3-5-7-18/h3-14,23,27H,16H2,1-2H3,(H,26,28). The Kier molecular flexibility index (Phi) is 6.91. The molecule has 0 aliphatic rings. The lowest BCUT2D eigenvalue weighted by Gasteiger charge is -2.21. The highest BCUT2D eigenvalue weighted by atomic mass is 16.5. The van der Waals surface area contributed by atoms with Crippen LogP contribution in [0.15, 0.2) is 72.8 Å². The minimum atomic E-state index is -0.689. The summed E-state index contributed by atoms with van der Waals surface area (Å²) in [5.74, 6) is 0.984. The van der Waals surface area contributed by atoms with Gasteiger partial charge in [0, 0.05) is 18.3 Å². The molecular formula is C24H23N3O3.